The number of rotatable bonds is 8. The van der Waals surface area contributed by atoms with E-state index in [0.717, 1.165) is 35.9 Å². The summed E-state index contributed by atoms with van der Waals surface area (Å²) >= 11 is 0. The Hall–Kier alpha value is -1.73. The van der Waals surface area contributed by atoms with Crippen molar-refractivity contribution in [1.29, 1.82) is 0 Å². The predicted molar refractivity (Wildman–Crippen MR) is 104 cm³/mol. The lowest BCUT2D eigenvalue weighted by Crippen LogP contribution is -2.38. The number of hydrogen-bond acceptors (Lipinski definition) is 5. The average molecular weight is 379 g/mol. The number of nitrogens with zero attached hydrogens (tertiary/aromatic N) is 2. The largest absolute Gasteiger partial charge is 0.546 e. The lowest BCUT2D eigenvalue weighted by atomic mass is 9.96. The maximum atomic E-state index is 11.4. The summed E-state index contributed by atoms with van der Waals surface area (Å²) in [4.78, 5) is 14.9. The fraction of sp³-hybridized carbons (Fsp3) is 0.632. The van der Waals surface area contributed by atoms with Gasteiger partial charge in [-0.1, -0.05) is 27.7 Å². The molecule has 0 N–H and O–H groups in total. The third kappa shape index (κ3) is 4.15. The fourth-order valence-corrected chi connectivity index (χ4v) is 6.31. The van der Waals surface area contributed by atoms with E-state index in [1.165, 1.54) is 6.20 Å². The monoisotopic (exact) mass is 378 g/mol. The Bertz CT molecular complexity index is 665. The molecular weight excluding hydrogens is 348 g/mol. The van der Waals surface area contributed by atoms with Gasteiger partial charge in [0.05, 0.1) is 28.5 Å². The summed E-state index contributed by atoms with van der Waals surface area (Å²) in [6.07, 6.45) is 3.79. The number of aromatic nitrogens is 1. The molecule has 0 amide bonds. The summed E-state index contributed by atoms with van der Waals surface area (Å²) < 4.78 is 12.9. The van der Waals surface area contributed by atoms with Gasteiger partial charge in [0.1, 0.15) is 6.20 Å². The van der Waals surface area contributed by atoms with Crippen LogP contribution in [0.2, 0.25) is 18.1 Å². The van der Waals surface area contributed by atoms with Crippen molar-refractivity contribution in [1.82, 2.24) is 4.98 Å². The second-order valence-electron chi connectivity index (χ2n) is 6.87. The Morgan fingerprint density at radius 1 is 1.31 bits per heavy atom. The van der Waals surface area contributed by atoms with E-state index >= 15 is 0 Å². The highest BCUT2D eigenvalue weighted by molar-refractivity contribution is 6.73. The third-order valence-corrected chi connectivity index (χ3v) is 10.2. The molecular formula is C19H30N2O4Si. The number of pyridine rings is 1. The average Bonchev–Trinajstić information content (AvgIpc) is 2.67. The van der Waals surface area contributed by atoms with E-state index < -0.39 is 8.32 Å². The minimum absolute atomic E-state index is 0.0104. The van der Waals surface area contributed by atoms with Crippen LogP contribution in [0.5, 0.6) is 0 Å². The van der Waals surface area contributed by atoms with E-state index in [9.17, 15) is 10.1 Å². The van der Waals surface area contributed by atoms with Gasteiger partial charge in [0.2, 0.25) is 8.32 Å². The maximum Gasteiger partial charge on any atom is 0.293 e. The van der Waals surface area contributed by atoms with Crippen molar-refractivity contribution >= 4 is 14.0 Å². The normalized spacial score (nSPS) is 21.0. The minimum atomic E-state index is -1.81. The number of nitro groups is 1. The second-order valence-corrected chi connectivity index (χ2v) is 11.6. The van der Waals surface area contributed by atoms with Gasteiger partial charge in [-0.25, -0.2) is 0 Å². The Morgan fingerprint density at radius 2 is 1.96 bits per heavy atom. The van der Waals surface area contributed by atoms with Crippen LogP contribution in [0.1, 0.15) is 59.1 Å². The van der Waals surface area contributed by atoms with Crippen molar-refractivity contribution in [3.63, 3.8) is 0 Å². The summed E-state index contributed by atoms with van der Waals surface area (Å²) in [5.41, 5.74) is 1.72. The van der Waals surface area contributed by atoms with Gasteiger partial charge in [0, 0.05) is 12.6 Å². The summed E-state index contributed by atoms with van der Waals surface area (Å²) in [5, 5.41) is 11.4. The SMILES string of the molecule is CC[C@H]1O[C@@H](c2ccncc2[N+](=O)[O-])CC(O[Si](CC)(CC)CC)=C1C. The molecule has 2 heterocycles. The molecule has 0 spiro atoms. The first kappa shape index (κ1) is 20.6. The van der Waals surface area contributed by atoms with Crippen molar-refractivity contribution in [2.24, 2.45) is 0 Å². The van der Waals surface area contributed by atoms with Crippen LogP contribution in [0.25, 0.3) is 0 Å². The van der Waals surface area contributed by atoms with Gasteiger partial charge in [0.15, 0.2) is 0 Å². The topological polar surface area (TPSA) is 74.5 Å². The van der Waals surface area contributed by atoms with E-state index in [1.807, 2.05) is 0 Å². The smallest absolute Gasteiger partial charge is 0.293 e. The number of ether oxygens (including phenoxy) is 1. The molecule has 0 unspecified atom stereocenters. The molecule has 2 rings (SSSR count). The van der Waals surface area contributed by atoms with Crippen LogP contribution < -0.4 is 0 Å². The van der Waals surface area contributed by atoms with E-state index in [4.69, 9.17) is 9.16 Å². The molecule has 0 saturated heterocycles. The molecule has 0 aromatic carbocycles. The fourth-order valence-electron chi connectivity index (χ4n) is 3.61. The summed E-state index contributed by atoms with van der Waals surface area (Å²) in [5.74, 6) is 0.983. The molecule has 0 saturated carbocycles. The van der Waals surface area contributed by atoms with Crippen molar-refractivity contribution in [2.75, 3.05) is 0 Å². The zero-order valence-electron chi connectivity index (χ0n) is 16.4. The molecule has 0 bridgehead atoms. The number of hydrogen-bond donors (Lipinski definition) is 0. The molecule has 1 aliphatic heterocycles. The second kappa shape index (κ2) is 8.77. The van der Waals surface area contributed by atoms with Gasteiger partial charge < -0.3 is 9.16 Å². The molecule has 1 aromatic rings. The molecule has 7 heteroatoms. The van der Waals surface area contributed by atoms with Crippen molar-refractivity contribution in [3.05, 3.63) is 45.5 Å². The molecule has 144 valence electrons. The lowest BCUT2D eigenvalue weighted by molar-refractivity contribution is -0.386. The predicted octanol–water partition coefficient (Wildman–Crippen LogP) is 5.53. The Labute approximate surface area is 156 Å². The lowest BCUT2D eigenvalue weighted by Gasteiger charge is -2.38. The Kier molecular flexibility index (Phi) is 6.94. The molecule has 1 aliphatic rings. The third-order valence-electron chi connectivity index (χ3n) is 5.64. The highest BCUT2D eigenvalue weighted by atomic mass is 28.4. The zero-order valence-corrected chi connectivity index (χ0v) is 17.4. The quantitative estimate of drug-likeness (QED) is 0.338. The highest BCUT2D eigenvalue weighted by Crippen LogP contribution is 2.41. The van der Waals surface area contributed by atoms with Gasteiger partial charge in [-0.15, -0.1) is 0 Å². The highest BCUT2D eigenvalue weighted by Gasteiger charge is 2.37. The summed E-state index contributed by atoms with van der Waals surface area (Å²) in [6, 6.07) is 4.88. The Balaban J connectivity index is 2.39. The van der Waals surface area contributed by atoms with Crippen molar-refractivity contribution < 1.29 is 14.1 Å². The molecule has 2 atom stereocenters. The van der Waals surface area contributed by atoms with E-state index in [-0.39, 0.29) is 22.8 Å². The van der Waals surface area contributed by atoms with Gasteiger partial charge >= 0.3 is 0 Å². The first-order chi connectivity index (χ1) is 12.4. The summed E-state index contributed by atoms with van der Waals surface area (Å²) in [7, 11) is -1.81. The van der Waals surface area contributed by atoms with Crippen LogP contribution in [-0.2, 0) is 9.16 Å². The van der Waals surface area contributed by atoms with Gasteiger partial charge in [-0.3, -0.25) is 15.1 Å². The van der Waals surface area contributed by atoms with Crippen LogP contribution in [0.3, 0.4) is 0 Å². The van der Waals surface area contributed by atoms with E-state index in [2.05, 4.69) is 39.6 Å². The molecule has 26 heavy (non-hydrogen) atoms. The van der Waals surface area contributed by atoms with Gasteiger partial charge in [-0.05, 0) is 43.1 Å². The Morgan fingerprint density at radius 3 is 2.50 bits per heavy atom. The molecule has 0 aliphatic carbocycles. The molecule has 0 radical (unpaired) electrons. The minimum Gasteiger partial charge on any atom is -0.546 e. The van der Waals surface area contributed by atoms with Gasteiger partial charge in [0.25, 0.3) is 5.69 Å². The first-order valence-electron chi connectivity index (χ1n) is 9.53. The molecule has 1 aromatic heterocycles. The van der Waals surface area contributed by atoms with Gasteiger partial charge in [-0.2, -0.15) is 0 Å². The van der Waals surface area contributed by atoms with Crippen LogP contribution in [-0.4, -0.2) is 24.3 Å². The van der Waals surface area contributed by atoms with E-state index in [1.54, 1.807) is 12.3 Å². The van der Waals surface area contributed by atoms with Crippen molar-refractivity contribution in [3.8, 4) is 0 Å². The summed E-state index contributed by atoms with van der Waals surface area (Å²) in [6.45, 7) is 10.8. The van der Waals surface area contributed by atoms with Crippen LogP contribution >= 0.6 is 0 Å². The van der Waals surface area contributed by atoms with E-state index in [0.29, 0.717) is 12.0 Å². The zero-order chi connectivity index (χ0) is 19.3. The van der Waals surface area contributed by atoms with Crippen LogP contribution in [0.15, 0.2) is 29.8 Å². The molecule has 0 fully saturated rings. The maximum absolute atomic E-state index is 11.4. The van der Waals surface area contributed by atoms with Crippen LogP contribution in [0.4, 0.5) is 5.69 Å². The molecule has 6 nitrogen and oxygen atoms in total. The standard InChI is InChI=1S/C19H30N2O4Si/c1-6-17-14(5)18(25-26(7-2,8-3)9-4)12-19(24-17)15-10-11-20-13-16(15)21(22)23/h10-11,13,17,19H,6-9,12H2,1-5H3/t17-,19-/m1/s1. The first-order valence-corrected chi connectivity index (χ1v) is 12.1. The van der Waals surface area contributed by atoms with Crippen molar-refractivity contribution in [2.45, 2.75) is 77.8 Å². The van der Waals surface area contributed by atoms with Crippen LogP contribution in [0, 0.1) is 10.1 Å².